The number of ether oxygens (including phenoxy) is 1. The highest BCUT2D eigenvalue weighted by molar-refractivity contribution is 6.00. The Hall–Kier alpha value is -3.23. The van der Waals surface area contributed by atoms with Gasteiger partial charge in [-0.15, -0.1) is 0 Å². The van der Waals surface area contributed by atoms with Gasteiger partial charge in [0.1, 0.15) is 23.8 Å². The second-order valence-electron chi connectivity index (χ2n) is 8.14. The van der Waals surface area contributed by atoms with Crippen molar-refractivity contribution in [1.82, 2.24) is 24.9 Å². The minimum atomic E-state index is -0.681. The zero-order valence-electron chi connectivity index (χ0n) is 16.2. The van der Waals surface area contributed by atoms with E-state index in [1.165, 1.54) is 12.3 Å². The summed E-state index contributed by atoms with van der Waals surface area (Å²) in [6.45, 7) is 4.68. The zero-order valence-corrected chi connectivity index (χ0v) is 16.2. The molecule has 9 heteroatoms. The number of hydrogen-bond donors (Lipinski definition) is 1. The Morgan fingerprint density at radius 1 is 1.34 bits per heavy atom. The molecule has 3 aromatic heterocycles. The molecular weight excluding hydrogens is 375 g/mol. The highest BCUT2D eigenvalue weighted by Crippen LogP contribution is 2.39. The van der Waals surface area contributed by atoms with Crippen molar-refractivity contribution in [3.05, 3.63) is 47.7 Å². The summed E-state index contributed by atoms with van der Waals surface area (Å²) in [5.41, 5.74) is 0.898. The average molecular weight is 396 g/mol. The van der Waals surface area contributed by atoms with Gasteiger partial charge >= 0.3 is 0 Å². The zero-order chi connectivity index (χ0) is 20.2. The van der Waals surface area contributed by atoms with E-state index in [1.807, 2.05) is 19.9 Å². The number of aromatic nitrogens is 4. The van der Waals surface area contributed by atoms with Gasteiger partial charge in [0.2, 0.25) is 5.88 Å². The number of fused-ring (bicyclic) bond motifs is 5. The Kier molecular flexibility index (Phi) is 3.94. The lowest BCUT2D eigenvalue weighted by molar-refractivity contribution is 0.0879. The van der Waals surface area contributed by atoms with E-state index < -0.39 is 11.4 Å². The number of carbonyl (C=O) groups excluding carboxylic acids is 1. The van der Waals surface area contributed by atoms with E-state index in [-0.39, 0.29) is 18.6 Å². The summed E-state index contributed by atoms with van der Waals surface area (Å²) in [5, 5.41) is 7.22. The molecule has 0 saturated carbocycles. The maximum atomic E-state index is 14.1. The highest BCUT2D eigenvalue weighted by Gasteiger charge is 2.33. The molecule has 1 N–H and O–H groups in total. The van der Waals surface area contributed by atoms with Crippen LogP contribution in [0.3, 0.4) is 0 Å². The van der Waals surface area contributed by atoms with Gasteiger partial charge in [-0.2, -0.15) is 5.10 Å². The van der Waals surface area contributed by atoms with Gasteiger partial charge in [0.25, 0.3) is 5.91 Å². The maximum Gasteiger partial charge on any atom is 0.257 e. The van der Waals surface area contributed by atoms with Crippen LogP contribution in [0.2, 0.25) is 0 Å². The monoisotopic (exact) mass is 396 g/mol. The van der Waals surface area contributed by atoms with Gasteiger partial charge in [-0.25, -0.2) is 18.9 Å². The third-order valence-electron chi connectivity index (χ3n) is 5.37. The second kappa shape index (κ2) is 6.40. The molecule has 2 aliphatic rings. The molecule has 0 radical (unpaired) electrons. The SMILES string of the molecule is CC1(C)COc2ncc(F)cc2[C@H]2CCCN2c2ccn3ncc(c3n2)C(=O)N1. The predicted octanol–water partition coefficient (Wildman–Crippen LogP) is 2.51. The van der Waals surface area contributed by atoms with E-state index in [0.29, 0.717) is 28.5 Å². The fraction of sp³-hybridized carbons (Fsp3) is 0.400. The van der Waals surface area contributed by atoms with Crippen LogP contribution >= 0.6 is 0 Å². The van der Waals surface area contributed by atoms with Crippen molar-refractivity contribution in [3.8, 4) is 5.88 Å². The first-order valence-corrected chi connectivity index (χ1v) is 9.63. The van der Waals surface area contributed by atoms with Gasteiger partial charge in [-0.3, -0.25) is 4.79 Å². The summed E-state index contributed by atoms with van der Waals surface area (Å²) in [6.07, 6.45) is 6.23. The molecule has 29 heavy (non-hydrogen) atoms. The quantitative estimate of drug-likeness (QED) is 0.629. The topological polar surface area (TPSA) is 84.7 Å². The molecule has 3 aromatic rings. The molecule has 1 fully saturated rings. The summed E-state index contributed by atoms with van der Waals surface area (Å²) in [4.78, 5) is 23.9. The van der Waals surface area contributed by atoms with E-state index in [2.05, 4.69) is 20.3 Å². The molecule has 1 amide bonds. The smallest absolute Gasteiger partial charge is 0.257 e. The lowest BCUT2D eigenvalue weighted by Crippen LogP contribution is -2.48. The molecule has 8 nitrogen and oxygen atoms in total. The number of nitrogens with zero attached hydrogens (tertiary/aromatic N) is 5. The van der Waals surface area contributed by atoms with Crippen LogP contribution in [-0.2, 0) is 0 Å². The van der Waals surface area contributed by atoms with Crippen molar-refractivity contribution in [3.63, 3.8) is 0 Å². The molecule has 5 heterocycles. The van der Waals surface area contributed by atoms with Crippen LogP contribution in [0, 0.1) is 5.82 Å². The van der Waals surface area contributed by atoms with Crippen molar-refractivity contribution in [2.45, 2.75) is 38.3 Å². The maximum absolute atomic E-state index is 14.1. The normalized spacial score (nSPS) is 20.9. The highest BCUT2D eigenvalue weighted by atomic mass is 19.1. The number of nitrogens with one attached hydrogen (secondary N) is 1. The third-order valence-corrected chi connectivity index (χ3v) is 5.37. The van der Waals surface area contributed by atoms with Crippen molar-refractivity contribution in [2.75, 3.05) is 18.1 Å². The molecular formula is C20H21FN6O2. The van der Waals surface area contributed by atoms with Crippen molar-refractivity contribution >= 4 is 17.4 Å². The summed E-state index contributed by atoms with van der Waals surface area (Å²) >= 11 is 0. The standard InChI is InChI=1S/C20H21FN6O2/c1-20(2)11-29-19-13(8-12(21)9-22-19)15-4-3-6-26(15)16-5-7-27-17(24-16)14(10-23-27)18(28)25-20/h5,7-10,15H,3-4,6,11H2,1-2H3,(H,25,28)/t15-/m1/s1. The first kappa shape index (κ1) is 17.8. The van der Waals surface area contributed by atoms with Crippen LogP contribution in [0.25, 0.3) is 5.65 Å². The summed E-state index contributed by atoms with van der Waals surface area (Å²) in [7, 11) is 0. The van der Waals surface area contributed by atoms with Crippen molar-refractivity contribution in [1.29, 1.82) is 0 Å². The van der Waals surface area contributed by atoms with Crippen LogP contribution in [0.1, 0.15) is 48.7 Å². The Labute approximate surface area is 166 Å². The molecule has 150 valence electrons. The van der Waals surface area contributed by atoms with Gasteiger partial charge in [-0.1, -0.05) is 0 Å². The van der Waals surface area contributed by atoms with Gasteiger partial charge in [0.05, 0.1) is 24.0 Å². The van der Waals surface area contributed by atoms with E-state index in [9.17, 15) is 9.18 Å². The number of anilines is 1. The number of halogens is 1. The molecule has 2 bridgehead atoms. The Balaban J connectivity index is 1.70. The van der Waals surface area contributed by atoms with Gasteiger partial charge in [0, 0.05) is 18.3 Å². The third kappa shape index (κ3) is 3.06. The fourth-order valence-corrected chi connectivity index (χ4v) is 4.00. The van der Waals surface area contributed by atoms with E-state index in [0.717, 1.165) is 25.6 Å². The second-order valence-corrected chi connectivity index (χ2v) is 8.14. The van der Waals surface area contributed by atoms with Crippen molar-refractivity contribution in [2.24, 2.45) is 0 Å². The number of amides is 1. The Morgan fingerprint density at radius 3 is 3.07 bits per heavy atom. The van der Waals surface area contributed by atoms with Crippen LogP contribution in [-0.4, -0.2) is 44.2 Å². The van der Waals surface area contributed by atoms with E-state index in [1.54, 1.807) is 10.7 Å². The number of pyridine rings is 1. The van der Waals surface area contributed by atoms with E-state index in [4.69, 9.17) is 9.72 Å². The predicted molar refractivity (Wildman–Crippen MR) is 104 cm³/mol. The Morgan fingerprint density at radius 2 is 2.21 bits per heavy atom. The summed E-state index contributed by atoms with van der Waals surface area (Å²) < 4.78 is 21.6. The first-order chi connectivity index (χ1) is 13.9. The first-order valence-electron chi connectivity index (χ1n) is 9.63. The van der Waals surface area contributed by atoms with E-state index >= 15 is 0 Å². The fourth-order valence-electron chi connectivity index (χ4n) is 4.00. The number of hydrogen-bond acceptors (Lipinski definition) is 6. The Bertz CT molecular complexity index is 1110. The van der Waals surface area contributed by atoms with Crippen LogP contribution in [0.15, 0.2) is 30.7 Å². The van der Waals surface area contributed by atoms with Crippen LogP contribution in [0.4, 0.5) is 10.2 Å². The van der Waals surface area contributed by atoms with Gasteiger partial charge in [-0.05, 0) is 38.8 Å². The summed E-state index contributed by atoms with van der Waals surface area (Å²) in [5.74, 6) is 0.414. The van der Waals surface area contributed by atoms with Crippen molar-refractivity contribution < 1.29 is 13.9 Å². The molecule has 5 rings (SSSR count). The minimum Gasteiger partial charge on any atom is -0.475 e. The largest absolute Gasteiger partial charge is 0.475 e. The van der Waals surface area contributed by atoms with Crippen LogP contribution < -0.4 is 15.0 Å². The molecule has 0 unspecified atom stereocenters. The van der Waals surface area contributed by atoms with Gasteiger partial charge in [0.15, 0.2) is 5.65 Å². The summed E-state index contributed by atoms with van der Waals surface area (Å²) in [6, 6.07) is 3.23. The minimum absolute atomic E-state index is 0.109. The molecule has 1 saturated heterocycles. The molecule has 0 aliphatic carbocycles. The number of rotatable bonds is 0. The van der Waals surface area contributed by atoms with Crippen LogP contribution in [0.5, 0.6) is 5.88 Å². The lowest BCUT2D eigenvalue weighted by atomic mass is 10.0. The lowest BCUT2D eigenvalue weighted by Gasteiger charge is -2.28. The number of carbonyl (C=O) groups is 1. The molecule has 1 atom stereocenters. The molecule has 0 aromatic carbocycles. The molecule has 2 aliphatic heterocycles. The average Bonchev–Trinajstić information content (AvgIpc) is 3.32. The molecule has 0 spiro atoms. The van der Waals surface area contributed by atoms with Gasteiger partial charge < -0.3 is 15.0 Å².